The molecule has 2 aliphatic heterocycles. The van der Waals surface area contributed by atoms with Gasteiger partial charge in [-0.1, -0.05) is 5.16 Å². The number of aliphatic carboxylic acids is 1. The van der Waals surface area contributed by atoms with E-state index >= 15 is 0 Å². The Morgan fingerprint density at radius 1 is 1.33 bits per heavy atom. The minimum absolute atomic E-state index is 0.0291. The van der Waals surface area contributed by atoms with Crippen LogP contribution in [0.2, 0.25) is 0 Å². The van der Waals surface area contributed by atoms with Crippen molar-refractivity contribution in [3.63, 3.8) is 0 Å². The molecule has 1 fully saturated rings. The maximum atomic E-state index is 13.1. The van der Waals surface area contributed by atoms with Crippen molar-refractivity contribution in [2.75, 3.05) is 18.5 Å². The first-order valence-electron chi connectivity index (χ1n) is 11.4. The molecular weight excluding hydrogens is 548 g/mol. The van der Waals surface area contributed by atoms with Crippen molar-refractivity contribution in [1.82, 2.24) is 25.5 Å². The van der Waals surface area contributed by atoms with Crippen molar-refractivity contribution in [2.24, 2.45) is 5.16 Å². The van der Waals surface area contributed by atoms with Crippen LogP contribution in [0.25, 0.3) is 10.1 Å². The third kappa shape index (κ3) is 5.10. The number of carboxylic acid groups (broad SMARTS) is 1. The number of rotatable bonds is 7. The number of amides is 3. The van der Waals surface area contributed by atoms with Gasteiger partial charge in [-0.3, -0.25) is 19.3 Å². The van der Waals surface area contributed by atoms with Crippen LogP contribution >= 0.6 is 23.1 Å². The average Bonchev–Trinajstić information content (AvgIpc) is 3.39. The first-order chi connectivity index (χ1) is 18.8. The van der Waals surface area contributed by atoms with Crippen LogP contribution in [0.3, 0.4) is 0 Å². The minimum atomic E-state index is -1.49. The fourth-order valence-electron chi connectivity index (χ4n) is 4.08. The molecule has 0 radical (unpaired) electrons. The van der Waals surface area contributed by atoms with E-state index in [2.05, 4.69) is 30.6 Å². The molecule has 200 valence electrons. The molecule has 0 saturated carbocycles. The highest BCUT2D eigenvalue weighted by Crippen LogP contribution is 2.40. The van der Waals surface area contributed by atoms with Crippen molar-refractivity contribution < 1.29 is 33.7 Å². The Morgan fingerprint density at radius 2 is 2.15 bits per heavy atom. The number of fused-ring (bicyclic) bond motifs is 2. The van der Waals surface area contributed by atoms with E-state index in [-0.39, 0.29) is 29.6 Å². The lowest BCUT2D eigenvalue weighted by atomic mass is 10.0. The molecule has 5 heterocycles. The molecule has 14 nitrogen and oxygen atoms in total. The molecule has 5 rings (SSSR count). The van der Waals surface area contributed by atoms with Crippen LogP contribution in [-0.4, -0.2) is 68.7 Å². The van der Waals surface area contributed by atoms with Gasteiger partial charge in [0.1, 0.15) is 17.2 Å². The number of nitrogen functional groups attached to an aromatic ring is 1. The van der Waals surface area contributed by atoms with Crippen LogP contribution in [0.15, 0.2) is 58.6 Å². The fourth-order valence-corrected chi connectivity index (χ4v) is 6.18. The van der Waals surface area contributed by atoms with Gasteiger partial charge in [0.05, 0.1) is 17.1 Å². The Bertz CT molecular complexity index is 1570. The second-order valence-corrected chi connectivity index (χ2v) is 10.4. The number of nitrogens with one attached hydrogen (secondary N) is 2. The van der Waals surface area contributed by atoms with Crippen LogP contribution in [0.4, 0.5) is 10.6 Å². The maximum Gasteiger partial charge on any atom is 0.433 e. The highest BCUT2D eigenvalue weighted by Gasteiger charge is 2.53. The molecule has 0 aromatic carbocycles. The zero-order valence-electron chi connectivity index (χ0n) is 20.2. The number of nitrogens with two attached hydrogens (primary N) is 1. The van der Waals surface area contributed by atoms with Crippen LogP contribution in [0.1, 0.15) is 5.82 Å². The summed E-state index contributed by atoms with van der Waals surface area (Å²) >= 11 is 2.89. The number of carbonyl (C=O) groups is 4. The molecule has 39 heavy (non-hydrogen) atoms. The number of thioether (sulfide) groups is 1. The number of carbonyl (C=O) groups excluding carboxylic acids is 4. The van der Waals surface area contributed by atoms with Crippen molar-refractivity contribution in [3.05, 3.63) is 59.3 Å². The Kier molecular flexibility index (Phi) is 7.12. The smallest absolute Gasteiger partial charge is 0.433 e. The standard InChI is InChI=1S/C23H20N8O6S2/c1-25-23(36)37-29-15(18-26-5-2-14(24)27-18)19(32)28-16-20(33)31-17(22(34)35)12(10-39-21(16)31)9-30-6-3-13-11(8-30)4-7-38-13/h2-8,16,21H,9-10H2,1H3,(H4-,24,25,26,27,28,32,34,35,36)/b29-15+/t16?,21-/m1/s1. The molecule has 3 aromatic heterocycles. The number of pyridine rings is 1. The number of carboxylic acids is 1. The summed E-state index contributed by atoms with van der Waals surface area (Å²) in [6.07, 6.45) is 4.07. The van der Waals surface area contributed by atoms with Gasteiger partial charge in [-0.25, -0.2) is 19.3 Å². The van der Waals surface area contributed by atoms with Gasteiger partial charge >= 0.3 is 6.09 Å². The molecule has 2 atom stereocenters. The molecule has 4 N–H and O–H groups in total. The van der Waals surface area contributed by atoms with Crippen LogP contribution in [0, 0.1) is 0 Å². The molecule has 1 unspecified atom stereocenters. The Morgan fingerprint density at radius 3 is 2.90 bits per heavy atom. The highest BCUT2D eigenvalue weighted by atomic mass is 32.2. The number of nitrogens with zero attached hydrogens (tertiary/aromatic N) is 5. The van der Waals surface area contributed by atoms with Gasteiger partial charge in [0.15, 0.2) is 24.8 Å². The van der Waals surface area contributed by atoms with E-state index in [4.69, 9.17) is 5.73 Å². The molecule has 3 aromatic rings. The predicted molar refractivity (Wildman–Crippen MR) is 138 cm³/mol. The van der Waals surface area contributed by atoms with Crippen molar-refractivity contribution in [3.8, 4) is 0 Å². The molecule has 16 heteroatoms. The third-order valence-electron chi connectivity index (χ3n) is 5.88. The maximum absolute atomic E-state index is 13.1. The second-order valence-electron chi connectivity index (χ2n) is 8.33. The number of hydrogen-bond donors (Lipinski definition) is 3. The zero-order chi connectivity index (χ0) is 27.7. The summed E-state index contributed by atoms with van der Waals surface area (Å²) in [5.41, 5.74) is 5.45. The quantitative estimate of drug-likeness (QED) is 0.102. The van der Waals surface area contributed by atoms with Gasteiger partial charge in [0.2, 0.25) is 5.71 Å². The van der Waals surface area contributed by atoms with Crippen molar-refractivity contribution >= 4 is 68.6 Å². The van der Waals surface area contributed by atoms with Gasteiger partial charge in [0.25, 0.3) is 11.8 Å². The fraction of sp³-hybridized carbons (Fsp3) is 0.217. The first-order valence-corrected chi connectivity index (χ1v) is 13.3. The van der Waals surface area contributed by atoms with E-state index in [0.29, 0.717) is 5.57 Å². The SMILES string of the molecule is CNC(=O)O/N=C(/C(=O)NC1C(=O)N2C(C(=O)[O-])=C(C[n+]3ccc4sccc4c3)CS[C@H]12)c1nccc(N)n1. The summed E-state index contributed by atoms with van der Waals surface area (Å²) in [7, 11) is 1.30. The summed E-state index contributed by atoms with van der Waals surface area (Å²) in [4.78, 5) is 63.4. The summed E-state index contributed by atoms with van der Waals surface area (Å²) in [6.45, 7) is 0.246. The van der Waals surface area contributed by atoms with E-state index in [0.717, 1.165) is 15.0 Å². The van der Waals surface area contributed by atoms with Gasteiger partial charge in [-0.15, -0.1) is 23.1 Å². The van der Waals surface area contributed by atoms with Crippen molar-refractivity contribution in [1.29, 1.82) is 0 Å². The van der Waals surface area contributed by atoms with Gasteiger partial charge in [-0.2, -0.15) is 0 Å². The van der Waals surface area contributed by atoms with E-state index in [1.807, 2.05) is 34.5 Å². The average molecular weight is 569 g/mol. The lowest BCUT2D eigenvalue weighted by Gasteiger charge is -2.50. The summed E-state index contributed by atoms with van der Waals surface area (Å²) in [5, 5.41) is 22.6. The summed E-state index contributed by atoms with van der Waals surface area (Å²) in [5.74, 6) is -2.98. The van der Waals surface area contributed by atoms with Gasteiger partial charge in [0, 0.05) is 35.3 Å². The summed E-state index contributed by atoms with van der Waals surface area (Å²) < 4.78 is 2.94. The topological polar surface area (TPSA) is 196 Å². The van der Waals surface area contributed by atoms with Gasteiger partial charge < -0.3 is 26.3 Å². The predicted octanol–water partition coefficient (Wildman–Crippen LogP) is -1.27. The molecule has 1 saturated heterocycles. The first kappa shape index (κ1) is 26.1. The Hall–Kier alpha value is -4.57. The number of β-lactam (4-membered cyclic amide) rings is 1. The minimum Gasteiger partial charge on any atom is -0.543 e. The largest absolute Gasteiger partial charge is 0.543 e. The lowest BCUT2D eigenvalue weighted by molar-refractivity contribution is -0.687. The molecule has 0 bridgehead atoms. The lowest BCUT2D eigenvalue weighted by Crippen LogP contribution is -2.71. The molecule has 0 spiro atoms. The van der Waals surface area contributed by atoms with Crippen LogP contribution < -0.4 is 26.0 Å². The van der Waals surface area contributed by atoms with E-state index in [9.17, 15) is 24.3 Å². The Labute approximate surface area is 228 Å². The number of thiophene rings is 1. The normalized spacial score (nSPS) is 18.8. The van der Waals surface area contributed by atoms with E-state index in [1.165, 1.54) is 31.1 Å². The summed E-state index contributed by atoms with van der Waals surface area (Å²) in [6, 6.07) is 4.20. The van der Waals surface area contributed by atoms with Gasteiger partial charge in [-0.05, 0) is 17.5 Å². The van der Waals surface area contributed by atoms with E-state index in [1.54, 1.807) is 11.3 Å². The van der Waals surface area contributed by atoms with Crippen LogP contribution in [-0.2, 0) is 25.8 Å². The zero-order valence-corrected chi connectivity index (χ0v) is 21.8. The molecular formula is C23H20N8O6S2. The number of anilines is 1. The molecule has 3 amide bonds. The highest BCUT2D eigenvalue weighted by molar-refractivity contribution is 8.00. The monoisotopic (exact) mass is 568 g/mol. The molecule has 2 aliphatic rings. The number of hydrogen-bond acceptors (Lipinski definition) is 12. The Balaban J connectivity index is 1.36. The van der Waals surface area contributed by atoms with E-state index < -0.39 is 41.0 Å². The third-order valence-corrected chi connectivity index (χ3v) is 8.12. The van der Waals surface area contributed by atoms with Crippen LogP contribution in [0.5, 0.6) is 0 Å². The number of oxime groups is 1. The van der Waals surface area contributed by atoms with Crippen molar-refractivity contribution in [2.45, 2.75) is 18.0 Å². The number of aromatic nitrogens is 3. The second kappa shape index (κ2) is 10.7. The molecule has 0 aliphatic carbocycles.